The summed E-state index contributed by atoms with van der Waals surface area (Å²) >= 11 is 0. The molecular formula is C15H15FO2. The summed E-state index contributed by atoms with van der Waals surface area (Å²) in [5, 5.41) is 11.6. The Morgan fingerprint density at radius 1 is 1.33 bits per heavy atom. The first-order chi connectivity index (χ1) is 8.67. The number of benzene rings is 1. The average molecular weight is 246 g/mol. The van der Waals surface area contributed by atoms with Crippen LogP contribution in [0.2, 0.25) is 0 Å². The number of furan rings is 1. The summed E-state index contributed by atoms with van der Waals surface area (Å²) < 4.78 is 18.9. The SMILES string of the molecule is OC1(c2cc3cc(F)ccc3o2)CCCC2CC21. The number of hydrogen-bond donors (Lipinski definition) is 1. The average Bonchev–Trinajstić information content (AvgIpc) is 3.02. The van der Waals surface area contributed by atoms with Gasteiger partial charge in [0.2, 0.25) is 0 Å². The second-order valence-electron chi connectivity index (χ2n) is 5.71. The van der Waals surface area contributed by atoms with Gasteiger partial charge in [-0.15, -0.1) is 0 Å². The smallest absolute Gasteiger partial charge is 0.137 e. The summed E-state index contributed by atoms with van der Waals surface area (Å²) in [6.07, 6.45) is 4.13. The molecule has 1 aromatic carbocycles. The van der Waals surface area contributed by atoms with Crippen molar-refractivity contribution in [2.45, 2.75) is 31.3 Å². The predicted octanol–water partition coefficient (Wildman–Crippen LogP) is 3.58. The van der Waals surface area contributed by atoms with Crippen LogP contribution in [0, 0.1) is 17.7 Å². The maximum atomic E-state index is 13.2. The summed E-state index contributed by atoms with van der Waals surface area (Å²) in [7, 11) is 0. The highest BCUT2D eigenvalue weighted by Gasteiger charge is 2.56. The Morgan fingerprint density at radius 3 is 3.11 bits per heavy atom. The highest BCUT2D eigenvalue weighted by atomic mass is 19.1. The Hall–Kier alpha value is -1.35. The van der Waals surface area contributed by atoms with Gasteiger partial charge in [0.1, 0.15) is 22.8 Å². The number of rotatable bonds is 1. The summed E-state index contributed by atoms with van der Waals surface area (Å²) in [5.74, 6) is 1.36. The van der Waals surface area contributed by atoms with Gasteiger partial charge in [-0.3, -0.25) is 0 Å². The van der Waals surface area contributed by atoms with Crippen LogP contribution >= 0.6 is 0 Å². The zero-order chi connectivity index (χ0) is 12.3. The molecule has 0 bridgehead atoms. The van der Waals surface area contributed by atoms with Gasteiger partial charge < -0.3 is 9.52 Å². The van der Waals surface area contributed by atoms with E-state index in [-0.39, 0.29) is 5.82 Å². The monoisotopic (exact) mass is 246 g/mol. The molecule has 1 aromatic heterocycles. The largest absolute Gasteiger partial charge is 0.458 e. The highest BCUT2D eigenvalue weighted by Crippen LogP contribution is 2.59. The van der Waals surface area contributed by atoms with Crippen LogP contribution in [0.25, 0.3) is 11.0 Å². The molecule has 18 heavy (non-hydrogen) atoms. The van der Waals surface area contributed by atoms with Gasteiger partial charge in [-0.2, -0.15) is 0 Å². The van der Waals surface area contributed by atoms with Crippen LogP contribution in [-0.2, 0) is 5.60 Å². The molecular weight excluding hydrogens is 231 g/mol. The molecule has 0 saturated heterocycles. The fourth-order valence-corrected chi connectivity index (χ4v) is 3.50. The van der Waals surface area contributed by atoms with Gasteiger partial charge in [-0.1, -0.05) is 0 Å². The Morgan fingerprint density at radius 2 is 2.22 bits per heavy atom. The van der Waals surface area contributed by atoms with E-state index in [2.05, 4.69) is 0 Å². The van der Waals surface area contributed by atoms with E-state index in [0.29, 0.717) is 23.2 Å². The Kier molecular flexibility index (Phi) is 1.97. The van der Waals surface area contributed by atoms with E-state index >= 15 is 0 Å². The van der Waals surface area contributed by atoms with E-state index in [1.54, 1.807) is 12.1 Å². The molecule has 3 heteroatoms. The van der Waals surface area contributed by atoms with E-state index in [0.717, 1.165) is 24.6 Å². The van der Waals surface area contributed by atoms with Crippen molar-refractivity contribution in [1.29, 1.82) is 0 Å². The van der Waals surface area contributed by atoms with E-state index in [1.807, 2.05) is 0 Å². The molecule has 0 spiro atoms. The van der Waals surface area contributed by atoms with E-state index in [9.17, 15) is 9.50 Å². The van der Waals surface area contributed by atoms with Crippen LogP contribution < -0.4 is 0 Å². The van der Waals surface area contributed by atoms with Crippen LogP contribution in [0.15, 0.2) is 28.7 Å². The number of fused-ring (bicyclic) bond motifs is 2. The fraction of sp³-hybridized carbons (Fsp3) is 0.467. The highest BCUT2D eigenvalue weighted by molar-refractivity contribution is 5.78. The van der Waals surface area contributed by atoms with Gasteiger partial charge in [-0.05, 0) is 61.8 Å². The molecule has 0 amide bonds. The summed E-state index contributed by atoms with van der Waals surface area (Å²) in [4.78, 5) is 0. The molecule has 3 unspecified atom stereocenters. The maximum Gasteiger partial charge on any atom is 0.137 e. The molecule has 94 valence electrons. The van der Waals surface area contributed by atoms with Crippen molar-refractivity contribution < 1.29 is 13.9 Å². The van der Waals surface area contributed by atoms with Gasteiger partial charge in [0.15, 0.2) is 0 Å². The lowest BCUT2D eigenvalue weighted by Gasteiger charge is -2.29. The topological polar surface area (TPSA) is 33.4 Å². The molecule has 2 aliphatic carbocycles. The molecule has 2 saturated carbocycles. The first-order valence-corrected chi connectivity index (χ1v) is 6.59. The minimum Gasteiger partial charge on any atom is -0.458 e. The molecule has 2 aromatic rings. The molecule has 1 N–H and O–H groups in total. The van der Waals surface area contributed by atoms with Crippen LogP contribution in [0.5, 0.6) is 0 Å². The van der Waals surface area contributed by atoms with Crippen molar-refractivity contribution in [3.63, 3.8) is 0 Å². The Labute approximate surface area is 104 Å². The summed E-state index contributed by atoms with van der Waals surface area (Å²) in [5.41, 5.74) is -0.166. The van der Waals surface area contributed by atoms with Crippen LogP contribution in [0.3, 0.4) is 0 Å². The van der Waals surface area contributed by atoms with Gasteiger partial charge in [0, 0.05) is 5.39 Å². The van der Waals surface area contributed by atoms with Gasteiger partial charge in [0.25, 0.3) is 0 Å². The number of halogens is 1. The number of hydrogen-bond acceptors (Lipinski definition) is 2. The number of aliphatic hydroxyl groups is 1. The third-order valence-corrected chi connectivity index (χ3v) is 4.57. The first-order valence-electron chi connectivity index (χ1n) is 6.59. The molecule has 2 fully saturated rings. The Balaban J connectivity index is 1.82. The van der Waals surface area contributed by atoms with Gasteiger partial charge >= 0.3 is 0 Å². The normalized spacial score (nSPS) is 34.6. The van der Waals surface area contributed by atoms with Crippen molar-refractivity contribution in [2.24, 2.45) is 11.8 Å². The van der Waals surface area contributed by atoms with Gasteiger partial charge in [0.05, 0.1) is 0 Å². The van der Waals surface area contributed by atoms with Crippen LogP contribution in [0.1, 0.15) is 31.4 Å². The second kappa shape index (κ2) is 3.35. The minimum atomic E-state index is -0.821. The third-order valence-electron chi connectivity index (χ3n) is 4.57. The maximum absolute atomic E-state index is 13.2. The van der Waals surface area contributed by atoms with Crippen molar-refractivity contribution >= 4 is 11.0 Å². The van der Waals surface area contributed by atoms with Crippen molar-refractivity contribution in [3.8, 4) is 0 Å². The predicted molar refractivity (Wildman–Crippen MR) is 65.5 cm³/mol. The van der Waals surface area contributed by atoms with Crippen molar-refractivity contribution in [1.82, 2.24) is 0 Å². The van der Waals surface area contributed by atoms with E-state index in [1.165, 1.54) is 18.6 Å². The van der Waals surface area contributed by atoms with E-state index < -0.39 is 5.60 Å². The zero-order valence-corrected chi connectivity index (χ0v) is 10.0. The third kappa shape index (κ3) is 1.37. The lowest BCUT2D eigenvalue weighted by molar-refractivity contribution is -0.0335. The van der Waals surface area contributed by atoms with Crippen molar-refractivity contribution in [3.05, 3.63) is 35.8 Å². The Bertz CT molecular complexity index is 618. The molecule has 4 rings (SSSR count). The van der Waals surface area contributed by atoms with Crippen LogP contribution in [-0.4, -0.2) is 5.11 Å². The zero-order valence-electron chi connectivity index (χ0n) is 10.0. The van der Waals surface area contributed by atoms with E-state index in [4.69, 9.17) is 4.42 Å². The second-order valence-corrected chi connectivity index (χ2v) is 5.71. The molecule has 0 radical (unpaired) electrons. The quantitative estimate of drug-likeness (QED) is 0.834. The molecule has 2 aliphatic rings. The fourth-order valence-electron chi connectivity index (χ4n) is 3.50. The summed E-state index contributed by atoms with van der Waals surface area (Å²) in [6, 6.07) is 6.28. The van der Waals surface area contributed by atoms with Crippen LogP contribution in [0.4, 0.5) is 4.39 Å². The molecule has 3 atom stereocenters. The lowest BCUT2D eigenvalue weighted by Crippen LogP contribution is -2.31. The lowest BCUT2D eigenvalue weighted by atomic mass is 9.82. The van der Waals surface area contributed by atoms with Gasteiger partial charge in [-0.25, -0.2) is 4.39 Å². The summed E-state index contributed by atoms with van der Waals surface area (Å²) in [6.45, 7) is 0. The molecule has 0 aliphatic heterocycles. The minimum absolute atomic E-state index is 0.269. The first kappa shape index (κ1) is 10.6. The molecule has 1 heterocycles. The molecule has 2 nitrogen and oxygen atoms in total. The van der Waals surface area contributed by atoms with Crippen molar-refractivity contribution in [2.75, 3.05) is 0 Å². The standard InChI is InChI=1S/C15H15FO2/c16-11-3-4-13-10(6-11)8-14(18-13)15(17)5-1-2-9-7-12(9)15/h3-4,6,8-9,12,17H,1-2,5,7H2.